The molecule has 1 saturated heterocycles. The first-order valence-electron chi connectivity index (χ1n) is 11.9. The molecule has 0 aliphatic carbocycles. The van der Waals surface area contributed by atoms with Gasteiger partial charge in [0.1, 0.15) is 11.5 Å². The fourth-order valence-corrected chi connectivity index (χ4v) is 4.38. The summed E-state index contributed by atoms with van der Waals surface area (Å²) in [4.78, 5) is 27.8. The van der Waals surface area contributed by atoms with E-state index in [0.29, 0.717) is 35.0 Å². The van der Waals surface area contributed by atoms with Crippen LogP contribution < -0.4 is 14.2 Å². The smallest absolute Gasteiger partial charge is 0.295 e. The van der Waals surface area contributed by atoms with Gasteiger partial charge in [0, 0.05) is 24.8 Å². The first kappa shape index (κ1) is 27.1. The van der Waals surface area contributed by atoms with E-state index >= 15 is 0 Å². The second-order valence-corrected chi connectivity index (χ2v) is 9.49. The number of hydrogen-bond acceptors (Lipinski definition) is 7. The maximum Gasteiger partial charge on any atom is 0.295 e. The quantitative estimate of drug-likeness (QED) is 0.310. The summed E-state index contributed by atoms with van der Waals surface area (Å²) < 4.78 is 21.8. The number of Topliss-reactive ketones (excluding diaryl/α,β-unsaturated/α-hetero) is 1. The van der Waals surface area contributed by atoms with Crippen molar-refractivity contribution in [3.05, 3.63) is 58.7 Å². The van der Waals surface area contributed by atoms with Gasteiger partial charge in [0.05, 0.1) is 39.0 Å². The van der Waals surface area contributed by atoms with Crippen LogP contribution in [-0.4, -0.2) is 62.8 Å². The summed E-state index contributed by atoms with van der Waals surface area (Å²) >= 11 is 0. The average Bonchev–Trinajstić information content (AvgIpc) is 3.11. The zero-order valence-corrected chi connectivity index (χ0v) is 22.0. The number of benzene rings is 2. The van der Waals surface area contributed by atoms with Crippen LogP contribution in [0.1, 0.15) is 50.4 Å². The second kappa shape index (κ2) is 11.0. The van der Waals surface area contributed by atoms with Crippen molar-refractivity contribution in [2.45, 2.75) is 39.2 Å². The van der Waals surface area contributed by atoms with Crippen LogP contribution in [0.2, 0.25) is 0 Å². The van der Waals surface area contributed by atoms with Crippen LogP contribution >= 0.6 is 0 Å². The number of carbonyl (C=O) groups excluding carboxylic acids is 2. The zero-order valence-electron chi connectivity index (χ0n) is 22.0. The SMILES string of the molecule is CCOc1cc(C2/C(=C(\O)c3ccc(OC)c(C(C)(C)C)c3)C(=O)C(=O)N2CCOC)ccc1OC. The average molecular weight is 498 g/mol. The van der Waals surface area contributed by atoms with E-state index in [9.17, 15) is 14.7 Å². The van der Waals surface area contributed by atoms with E-state index in [2.05, 4.69) is 0 Å². The van der Waals surface area contributed by atoms with Crippen molar-refractivity contribution >= 4 is 17.4 Å². The second-order valence-electron chi connectivity index (χ2n) is 9.49. The molecule has 1 fully saturated rings. The lowest BCUT2D eigenvalue weighted by atomic mass is 9.84. The molecule has 194 valence electrons. The van der Waals surface area contributed by atoms with E-state index in [4.69, 9.17) is 18.9 Å². The Morgan fingerprint density at radius 2 is 1.64 bits per heavy atom. The summed E-state index contributed by atoms with van der Waals surface area (Å²) in [6, 6.07) is 9.63. The van der Waals surface area contributed by atoms with E-state index < -0.39 is 17.7 Å². The van der Waals surface area contributed by atoms with Gasteiger partial charge in [0.25, 0.3) is 11.7 Å². The Balaban J connectivity index is 2.24. The third-order valence-electron chi connectivity index (χ3n) is 6.16. The number of aliphatic hydroxyl groups is 1. The van der Waals surface area contributed by atoms with Crippen molar-refractivity contribution in [1.29, 1.82) is 0 Å². The fourth-order valence-electron chi connectivity index (χ4n) is 4.38. The van der Waals surface area contributed by atoms with Gasteiger partial charge in [-0.15, -0.1) is 0 Å². The number of methoxy groups -OCH3 is 3. The van der Waals surface area contributed by atoms with Crippen LogP contribution in [0.4, 0.5) is 0 Å². The zero-order chi connectivity index (χ0) is 26.6. The molecule has 1 N–H and O–H groups in total. The number of ketones is 1. The highest BCUT2D eigenvalue weighted by atomic mass is 16.5. The summed E-state index contributed by atoms with van der Waals surface area (Å²) in [6.45, 7) is 8.77. The van der Waals surface area contributed by atoms with Crippen molar-refractivity contribution < 1.29 is 33.6 Å². The number of hydrogen-bond donors (Lipinski definition) is 1. The Kier molecular flexibility index (Phi) is 8.30. The van der Waals surface area contributed by atoms with Gasteiger partial charge in [-0.05, 0) is 48.2 Å². The third kappa shape index (κ3) is 5.18. The molecule has 1 heterocycles. The lowest BCUT2D eigenvalue weighted by Crippen LogP contribution is -2.32. The molecule has 36 heavy (non-hydrogen) atoms. The van der Waals surface area contributed by atoms with Crippen LogP contribution in [0.15, 0.2) is 42.0 Å². The third-order valence-corrected chi connectivity index (χ3v) is 6.16. The van der Waals surface area contributed by atoms with Gasteiger partial charge in [-0.1, -0.05) is 26.8 Å². The predicted octanol–water partition coefficient (Wildman–Crippen LogP) is 4.47. The number of amides is 1. The molecular formula is C28H35NO7. The minimum absolute atomic E-state index is 0.00810. The molecular weight excluding hydrogens is 462 g/mol. The molecule has 8 heteroatoms. The molecule has 0 spiro atoms. The normalized spacial score (nSPS) is 17.4. The standard InChI is InChI=1S/C28H35NO7/c1-8-36-22-16-17(9-12-21(22)35-7)24-23(26(31)27(32)29(24)13-14-33-5)25(30)18-10-11-20(34-6)19(15-18)28(2,3)4/h9-12,15-16,24,30H,8,13-14H2,1-7H3/b25-23+. The van der Waals surface area contributed by atoms with E-state index in [1.807, 2.05) is 27.7 Å². The molecule has 1 aliphatic heterocycles. The van der Waals surface area contributed by atoms with Gasteiger partial charge >= 0.3 is 0 Å². The molecule has 8 nitrogen and oxygen atoms in total. The van der Waals surface area contributed by atoms with Crippen molar-refractivity contribution in [1.82, 2.24) is 4.90 Å². The number of carbonyl (C=O) groups is 2. The molecule has 0 bridgehead atoms. The van der Waals surface area contributed by atoms with Crippen molar-refractivity contribution in [2.75, 3.05) is 41.1 Å². The van der Waals surface area contributed by atoms with Crippen molar-refractivity contribution in [3.8, 4) is 17.2 Å². The first-order chi connectivity index (χ1) is 17.1. The minimum Gasteiger partial charge on any atom is -0.507 e. The monoisotopic (exact) mass is 497 g/mol. The lowest BCUT2D eigenvalue weighted by Gasteiger charge is -2.26. The lowest BCUT2D eigenvalue weighted by molar-refractivity contribution is -0.140. The number of nitrogens with zero attached hydrogens (tertiary/aromatic N) is 1. The first-order valence-corrected chi connectivity index (χ1v) is 11.9. The van der Waals surface area contributed by atoms with Crippen LogP contribution in [0.5, 0.6) is 17.2 Å². The van der Waals surface area contributed by atoms with Crippen LogP contribution in [0.25, 0.3) is 5.76 Å². The Morgan fingerprint density at radius 1 is 0.972 bits per heavy atom. The highest BCUT2D eigenvalue weighted by Crippen LogP contribution is 2.43. The Hall–Kier alpha value is -3.52. The summed E-state index contributed by atoms with van der Waals surface area (Å²) in [5, 5.41) is 11.5. The molecule has 1 amide bonds. The topological polar surface area (TPSA) is 94.5 Å². The van der Waals surface area contributed by atoms with Crippen molar-refractivity contribution in [3.63, 3.8) is 0 Å². The maximum absolute atomic E-state index is 13.3. The Bertz CT molecular complexity index is 1160. The van der Waals surface area contributed by atoms with Crippen LogP contribution in [0, 0.1) is 0 Å². The van der Waals surface area contributed by atoms with Gasteiger partial charge in [0.15, 0.2) is 11.5 Å². The van der Waals surface area contributed by atoms with Crippen LogP contribution in [-0.2, 0) is 19.7 Å². The molecule has 0 aromatic heterocycles. The van der Waals surface area contributed by atoms with E-state index in [-0.39, 0.29) is 29.9 Å². The Labute approximate surface area is 212 Å². The summed E-state index contributed by atoms with van der Waals surface area (Å²) in [5.41, 5.74) is 1.62. The largest absolute Gasteiger partial charge is 0.507 e. The highest BCUT2D eigenvalue weighted by Gasteiger charge is 2.46. The van der Waals surface area contributed by atoms with Gasteiger partial charge in [-0.2, -0.15) is 0 Å². The minimum atomic E-state index is -0.828. The predicted molar refractivity (Wildman–Crippen MR) is 137 cm³/mol. The van der Waals surface area contributed by atoms with E-state index in [0.717, 1.165) is 5.56 Å². The van der Waals surface area contributed by atoms with Crippen LogP contribution in [0.3, 0.4) is 0 Å². The van der Waals surface area contributed by atoms with Gasteiger partial charge in [-0.25, -0.2) is 0 Å². The highest BCUT2D eigenvalue weighted by molar-refractivity contribution is 6.46. The van der Waals surface area contributed by atoms with Gasteiger partial charge in [-0.3, -0.25) is 9.59 Å². The number of ether oxygens (including phenoxy) is 4. The maximum atomic E-state index is 13.3. The molecule has 2 aromatic rings. The Morgan fingerprint density at radius 3 is 2.22 bits per heavy atom. The summed E-state index contributed by atoms with van der Waals surface area (Å²) in [7, 11) is 4.65. The van der Waals surface area contributed by atoms with Gasteiger partial charge < -0.3 is 29.0 Å². The molecule has 1 atom stereocenters. The molecule has 3 rings (SSSR count). The molecule has 0 saturated carbocycles. The fraction of sp³-hybridized carbons (Fsp3) is 0.429. The number of rotatable bonds is 9. The van der Waals surface area contributed by atoms with E-state index in [1.165, 1.54) is 12.0 Å². The molecule has 1 aliphatic rings. The summed E-state index contributed by atoms with van der Waals surface area (Å²) in [6.07, 6.45) is 0. The number of likely N-dealkylation sites (tertiary alicyclic amines) is 1. The van der Waals surface area contributed by atoms with Crippen molar-refractivity contribution in [2.24, 2.45) is 0 Å². The molecule has 0 radical (unpaired) electrons. The van der Waals surface area contributed by atoms with E-state index in [1.54, 1.807) is 50.6 Å². The number of aliphatic hydroxyl groups excluding tert-OH is 1. The molecule has 1 unspecified atom stereocenters. The molecule has 2 aromatic carbocycles. The summed E-state index contributed by atoms with van der Waals surface area (Å²) in [5.74, 6) is -0.0194. The van der Waals surface area contributed by atoms with Gasteiger partial charge in [0.2, 0.25) is 0 Å².